The van der Waals surface area contributed by atoms with E-state index in [1.165, 1.54) is 7.11 Å². The molecule has 132 valence electrons. The lowest BCUT2D eigenvalue weighted by atomic mass is 10.1. The molecule has 6 nitrogen and oxygen atoms in total. The van der Waals surface area contributed by atoms with Crippen molar-refractivity contribution in [2.45, 2.75) is 20.0 Å². The molecule has 0 saturated carbocycles. The predicted molar refractivity (Wildman–Crippen MR) is 97.2 cm³/mol. The molecule has 1 atom stereocenters. The number of aryl methyl sites for hydroxylation is 1. The molecular formula is C19H22N2O4. The highest BCUT2D eigenvalue weighted by Crippen LogP contribution is 2.21. The fourth-order valence-electron chi connectivity index (χ4n) is 2.19. The molecule has 0 fully saturated rings. The van der Waals surface area contributed by atoms with Crippen LogP contribution >= 0.6 is 0 Å². The maximum Gasteiger partial charge on any atom is 0.255 e. The van der Waals surface area contributed by atoms with Crippen molar-refractivity contribution in [3.63, 3.8) is 0 Å². The van der Waals surface area contributed by atoms with Crippen LogP contribution in [-0.2, 0) is 9.53 Å². The summed E-state index contributed by atoms with van der Waals surface area (Å²) in [5.74, 6) is 0.142. The molecular weight excluding hydrogens is 320 g/mol. The van der Waals surface area contributed by atoms with Crippen LogP contribution < -0.4 is 15.4 Å². The molecule has 0 aliphatic heterocycles. The van der Waals surface area contributed by atoms with Gasteiger partial charge in [-0.15, -0.1) is 0 Å². The van der Waals surface area contributed by atoms with Crippen LogP contribution in [0.3, 0.4) is 0 Å². The molecule has 0 unspecified atom stereocenters. The van der Waals surface area contributed by atoms with Crippen LogP contribution in [0.5, 0.6) is 5.75 Å². The highest BCUT2D eigenvalue weighted by atomic mass is 16.5. The summed E-state index contributed by atoms with van der Waals surface area (Å²) in [4.78, 5) is 24.3. The fourth-order valence-corrected chi connectivity index (χ4v) is 2.19. The minimum absolute atomic E-state index is 0.255. The molecule has 2 aromatic rings. The van der Waals surface area contributed by atoms with Gasteiger partial charge in [0.25, 0.3) is 11.8 Å². The van der Waals surface area contributed by atoms with Crippen molar-refractivity contribution >= 4 is 23.2 Å². The van der Waals surface area contributed by atoms with Gasteiger partial charge in [-0.2, -0.15) is 0 Å². The van der Waals surface area contributed by atoms with Gasteiger partial charge in [-0.05, 0) is 49.7 Å². The number of ether oxygens (including phenoxy) is 2. The smallest absolute Gasteiger partial charge is 0.255 e. The zero-order chi connectivity index (χ0) is 18.4. The van der Waals surface area contributed by atoms with Crippen molar-refractivity contribution < 1.29 is 19.1 Å². The number of nitrogens with one attached hydrogen (secondary N) is 2. The van der Waals surface area contributed by atoms with Crippen LogP contribution in [0.15, 0.2) is 42.5 Å². The third-order valence-corrected chi connectivity index (χ3v) is 3.78. The second-order valence-corrected chi connectivity index (χ2v) is 5.59. The van der Waals surface area contributed by atoms with Crippen LogP contribution in [0.4, 0.5) is 11.4 Å². The van der Waals surface area contributed by atoms with Gasteiger partial charge in [0.2, 0.25) is 0 Å². The lowest BCUT2D eigenvalue weighted by molar-refractivity contribution is -0.124. The van der Waals surface area contributed by atoms with E-state index in [-0.39, 0.29) is 11.8 Å². The number of rotatable bonds is 6. The van der Waals surface area contributed by atoms with E-state index in [0.717, 1.165) is 5.56 Å². The Balaban J connectivity index is 2.11. The minimum atomic E-state index is -0.557. The first-order valence-corrected chi connectivity index (χ1v) is 7.84. The number of hydrogen-bond acceptors (Lipinski definition) is 4. The highest BCUT2D eigenvalue weighted by molar-refractivity contribution is 6.05. The zero-order valence-electron chi connectivity index (χ0n) is 14.8. The molecule has 2 amide bonds. The monoisotopic (exact) mass is 342 g/mol. The summed E-state index contributed by atoms with van der Waals surface area (Å²) in [7, 11) is 3.04. The number of amides is 2. The SMILES string of the molecule is COc1cc(C(=O)Nc2cccc(NC(=O)[C@@H](C)OC)c2)ccc1C. The summed E-state index contributed by atoms with van der Waals surface area (Å²) < 4.78 is 10.2. The standard InChI is InChI=1S/C19H22N2O4/c1-12-8-9-14(10-17(12)25-4)19(23)21-16-7-5-6-15(11-16)20-18(22)13(2)24-3/h5-11,13H,1-4H3,(H,20,22)(H,21,23)/t13-/m1/s1. The lowest BCUT2D eigenvalue weighted by Crippen LogP contribution is -2.26. The second-order valence-electron chi connectivity index (χ2n) is 5.59. The fraction of sp³-hybridized carbons (Fsp3) is 0.263. The van der Waals surface area contributed by atoms with Crippen LogP contribution in [0.2, 0.25) is 0 Å². The van der Waals surface area contributed by atoms with Crippen LogP contribution in [0.25, 0.3) is 0 Å². The Morgan fingerprint density at radius 2 is 1.68 bits per heavy atom. The topological polar surface area (TPSA) is 76.7 Å². The van der Waals surface area contributed by atoms with Gasteiger partial charge < -0.3 is 20.1 Å². The average molecular weight is 342 g/mol. The minimum Gasteiger partial charge on any atom is -0.496 e. The molecule has 2 rings (SSSR count). The molecule has 0 aromatic heterocycles. The average Bonchev–Trinajstić information content (AvgIpc) is 2.61. The molecule has 0 aliphatic rings. The van der Waals surface area contributed by atoms with E-state index >= 15 is 0 Å². The van der Waals surface area contributed by atoms with Gasteiger partial charge in [-0.1, -0.05) is 12.1 Å². The number of carbonyl (C=O) groups is 2. The summed E-state index contributed by atoms with van der Waals surface area (Å²) >= 11 is 0. The summed E-state index contributed by atoms with van der Waals surface area (Å²) in [6.07, 6.45) is -0.557. The van der Waals surface area contributed by atoms with E-state index in [9.17, 15) is 9.59 Å². The Morgan fingerprint density at radius 1 is 1.00 bits per heavy atom. The molecule has 0 bridgehead atoms. The van der Waals surface area contributed by atoms with E-state index in [1.54, 1.807) is 50.4 Å². The Morgan fingerprint density at radius 3 is 2.32 bits per heavy atom. The second kappa shape index (κ2) is 8.30. The Labute approximate surface area is 147 Å². The molecule has 0 saturated heterocycles. The van der Waals surface area contributed by atoms with Crippen molar-refractivity contribution in [3.05, 3.63) is 53.6 Å². The lowest BCUT2D eigenvalue weighted by Gasteiger charge is -2.12. The Bertz CT molecular complexity index is 774. The number of benzene rings is 2. The van der Waals surface area contributed by atoms with E-state index in [1.807, 2.05) is 13.0 Å². The molecule has 25 heavy (non-hydrogen) atoms. The summed E-state index contributed by atoms with van der Waals surface area (Å²) in [5, 5.41) is 5.55. The molecule has 6 heteroatoms. The van der Waals surface area contributed by atoms with Crippen LogP contribution in [0, 0.1) is 6.92 Å². The Hall–Kier alpha value is -2.86. The molecule has 0 aliphatic carbocycles. The van der Waals surface area contributed by atoms with Crippen LogP contribution in [0.1, 0.15) is 22.8 Å². The quantitative estimate of drug-likeness (QED) is 0.845. The number of carbonyl (C=O) groups excluding carboxylic acids is 2. The van der Waals surface area contributed by atoms with Gasteiger partial charge in [0.1, 0.15) is 11.9 Å². The van der Waals surface area contributed by atoms with Crippen molar-refractivity contribution in [1.29, 1.82) is 0 Å². The van der Waals surface area contributed by atoms with Crippen LogP contribution in [-0.4, -0.2) is 32.1 Å². The van der Waals surface area contributed by atoms with Gasteiger partial charge in [0, 0.05) is 24.0 Å². The van der Waals surface area contributed by atoms with Gasteiger partial charge in [-0.3, -0.25) is 9.59 Å². The van der Waals surface area contributed by atoms with Gasteiger partial charge in [0.15, 0.2) is 0 Å². The van der Waals surface area contributed by atoms with Gasteiger partial charge >= 0.3 is 0 Å². The van der Waals surface area contributed by atoms with Gasteiger partial charge in [0.05, 0.1) is 7.11 Å². The van der Waals surface area contributed by atoms with Crippen molar-refractivity contribution in [2.75, 3.05) is 24.9 Å². The van der Waals surface area contributed by atoms with Crippen molar-refractivity contribution in [2.24, 2.45) is 0 Å². The maximum absolute atomic E-state index is 12.4. The normalized spacial score (nSPS) is 11.5. The van der Waals surface area contributed by atoms with E-state index < -0.39 is 6.10 Å². The number of hydrogen-bond donors (Lipinski definition) is 2. The molecule has 2 N–H and O–H groups in total. The maximum atomic E-state index is 12.4. The third-order valence-electron chi connectivity index (χ3n) is 3.78. The number of methoxy groups -OCH3 is 2. The third kappa shape index (κ3) is 4.81. The molecule has 0 radical (unpaired) electrons. The first-order valence-electron chi connectivity index (χ1n) is 7.84. The first kappa shape index (κ1) is 18.5. The molecule has 0 heterocycles. The van der Waals surface area contributed by atoms with Crippen molar-refractivity contribution in [1.82, 2.24) is 0 Å². The summed E-state index contributed by atoms with van der Waals surface area (Å²) in [6, 6.07) is 12.2. The van der Waals surface area contributed by atoms with E-state index in [4.69, 9.17) is 9.47 Å². The summed E-state index contributed by atoms with van der Waals surface area (Å²) in [6.45, 7) is 3.57. The summed E-state index contributed by atoms with van der Waals surface area (Å²) in [5.41, 5.74) is 2.60. The first-order chi connectivity index (χ1) is 11.9. The predicted octanol–water partition coefficient (Wildman–Crippen LogP) is 3.23. The molecule has 2 aromatic carbocycles. The Kier molecular flexibility index (Phi) is 6.14. The molecule has 0 spiro atoms. The highest BCUT2D eigenvalue weighted by Gasteiger charge is 2.13. The van der Waals surface area contributed by atoms with E-state index in [2.05, 4.69) is 10.6 Å². The van der Waals surface area contributed by atoms with Gasteiger partial charge in [-0.25, -0.2) is 0 Å². The largest absolute Gasteiger partial charge is 0.496 e. The number of anilines is 2. The van der Waals surface area contributed by atoms with E-state index in [0.29, 0.717) is 22.7 Å². The zero-order valence-corrected chi connectivity index (χ0v) is 14.8. The van der Waals surface area contributed by atoms with Crippen molar-refractivity contribution in [3.8, 4) is 5.75 Å².